The molecule has 0 aliphatic carbocycles. The van der Waals surface area contributed by atoms with Gasteiger partial charge in [0.15, 0.2) is 0 Å². The number of aromatic nitrogens is 2. The predicted octanol–water partition coefficient (Wildman–Crippen LogP) is 3.23. The fourth-order valence-electron chi connectivity index (χ4n) is 1.98. The molecule has 3 heteroatoms. The Bertz CT molecular complexity index is 523. The SMILES string of the molecule is Cc1ccc(NCCn2nc(C)c(C)c2C)cc1. The molecule has 2 aromatic rings. The summed E-state index contributed by atoms with van der Waals surface area (Å²) in [5.74, 6) is 0. The number of aryl methyl sites for hydroxylation is 2. The van der Waals surface area contributed by atoms with E-state index in [4.69, 9.17) is 0 Å². The summed E-state index contributed by atoms with van der Waals surface area (Å²) in [6.45, 7) is 10.2. The summed E-state index contributed by atoms with van der Waals surface area (Å²) in [7, 11) is 0. The van der Waals surface area contributed by atoms with E-state index in [-0.39, 0.29) is 0 Å². The highest BCUT2D eigenvalue weighted by Crippen LogP contribution is 2.11. The Morgan fingerprint density at radius 3 is 2.28 bits per heavy atom. The molecule has 0 radical (unpaired) electrons. The third kappa shape index (κ3) is 2.73. The lowest BCUT2D eigenvalue weighted by molar-refractivity contribution is 0.614. The van der Waals surface area contributed by atoms with E-state index in [1.54, 1.807) is 0 Å². The van der Waals surface area contributed by atoms with Crippen LogP contribution in [0.25, 0.3) is 0 Å². The standard InChI is InChI=1S/C15H21N3/c1-11-5-7-15(8-6-11)16-9-10-18-14(4)12(2)13(3)17-18/h5-8,16H,9-10H2,1-4H3. The van der Waals surface area contributed by atoms with Crippen molar-refractivity contribution in [2.24, 2.45) is 0 Å². The molecule has 18 heavy (non-hydrogen) atoms. The maximum absolute atomic E-state index is 4.53. The first-order valence-corrected chi connectivity index (χ1v) is 6.39. The minimum atomic E-state index is 0.893. The van der Waals surface area contributed by atoms with Gasteiger partial charge in [-0.15, -0.1) is 0 Å². The van der Waals surface area contributed by atoms with Crippen LogP contribution < -0.4 is 5.32 Å². The molecule has 1 heterocycles. The molecule has 2 rings (SSSR count). The van der Waals surface area contributed by atoms with Gasteiger partial charge in [0.05, 0.1) is 12.2 Å². The van der Waals surface area contributed by atoms with Gasteiger partial charge < -0.3 is 5.32 Å². The molecule has 1 N–H and O–H groups in total. The molecule has 0 amide bonds. The Morgan fingerprint density at radius 1 is 1.06 bits per heavy atom. The topological polar surface area (TPSA) is 29.9 Å². The van der Waals surface area contributed by atoms with Crippen molar-refractivity contribution >= 4 is 5.69 Å². The van der Waals surface area contributed by atoms with Crippen LogP contribution in [0.5, 0.6) is 0 Å². The van der Waals surface area contributed by atoms with Gasteiger partial charge in [0.25, 0.3) is 0 Å². The Hall–Kier alpha value is -1.77. The van der Waals surface area contributed by atoms with Crippen molar-refractivity contribution in [1.29, 1.82) is 0 Å². The first kappa shape index (κ1) is 12.7. The number of benzene rings is 1. The predicted molar refractivity (Wildman–Crippen MR) is 76.1 cm³/mol. The smallest absolute Gasteiger partial charge is 0.0625 e. The molecule has 0 unspecified atom stereocenters. The molecule has 0 bridgehead atoms. The summed E-state index contributed by atoms with van der Waals surface area (Å²) < 4.78 is 2.08. The van der Waals surface area contributed by atoms with Crippen molar-refractivity contribution in [2.75, 3.05) is 11.9 Å². The molecular weight excluding hydrogens is 222 g/mol. The van der Waals surface area contributed by atoms with Crippen molar-refractivity contribution in [3.05, 3.63) is 46.8 Å². The zero-order valence-electron chi connectivity index (χ0n) is 11.6. The summed E-state index contributed by atoms with van der Waals surface area (Å²) in [6.07, 6.45) is 0. The number of hydrogen-bond acceptors (Lipinski definition) is 2. The van der Waals surface area contributed by atoms with Crippen molar-refractivity contribution in [3.8, 4) is 0 Å². The summed E-state index contributed by atoms with van der Waals surface area (Å²) in [5.41, 5.74) is 6.14. The van der Waals surface area contributed by atoms with Crippen LogP contribution in [0.1, 0.15) is 22.5 Å². The largest absolute Gasteiger partial charge is 0.383 e. The summed E-state index contributed by atoms with van der Waals surface area (Å²) in [5, 5.41) is 7.95. The average molecular weight is 243 g/mol. The normalized spacial score (nSPS) is 10.7. The Labute approximate surface area is 109 Å². The molecule has 0 spiro atoms. The van der Waals surface area contributed by atoms with E-state index in [9.17, 15) is 0 Å². The van der Waals surface area contributed by atoms with Crippen LogP contribution in [0.3, 0.4) is 0 Å². The lowest BCUT2D eigenvalue weighted by Gasteiger charge is -2.08. The van der Waals surface area contributed by atoms with Gasteiger partial charge in [0, 0.05) is 17.9 Å². The van der Waals surface area contributed by atoms with E-state index in [0.717, 1.165) is 18.8 Å². The molecule has 1 aromatic heterocycles. The molecule has 0 atom stereocenters. The molecule has 0 saturated heterocycles. The van der Waals surface area contributed by atoms with Crippen molar-refractivity contribution in [3.63, 3.8) is 0 Å². The zero-order valence-corrected chi connectivity index (χ0v) is 11.6. The Balaban J connectivity index is 1.92. The van der Waals surface area contributed by atoms with Gasteiger partial charge in [-0.3, -0.25) is 4.68 Å². The van der Waals surface area contributed by atoms with Gasteiger partial charge in [-0.25, -0.2) is 0 Å². The summed E-state index contributed by atoms with van der Waals surface area (Å²) in [4.78, 5) is 0. The van der Waals surface area contributed by atoms with Crippen LogP contribution in [0.2, 0.25) is 0 Å². The maximum atomic E-state index is 4.53. The number of nitrogens with one attached hydrogen (secondary N) is 1. The number of anilines is 1. The van der Waals surface area contributed by atoms with Crippen LogP contribution in [0.4, 0.5) is 5.69 Å². The first-order chi connectivity index (χ1) is 8.58. The lowest BCUT2D eigenvalue weighted by Crippen LogP contribution is -2.12. The van der Waals surface area contributed by atoms with Gasteiger partial charge in [-0.2, -0.15) is 5.10 Å². The van der Waals surface area contributed by atoms with Crippen LogP contribution >= 0.6 is 0 Å². The van der Waals surface area contributed by atoms with Crippen LogP contribution in [0.15, 0.2) is 24.3 Å². The molecule has 1 aromatic carbocycles. The first-order valence-electron chi connectivity index (χ1n) is 6.39. The minimum absolute atomic E-state index is 0.893. The number of rotatable bonds is 4. The second-order valence-electron chi connectivity index (χ2n) is 4.81. The molecular formula is C15H21N3. The zero-order chi connectivity index (χ0) is 13.1. The van der Waals surface area contributed by atoms with Crippen molar-refractivity contribution < 1.29 is 0 Å². The summed E-state index contributed by atoms with van der Waals surface area (Å²) in [6, 6.07) is 8.47. The summed E-state index contributed by atoms with van der Waals surface area (Å²) >= 11 is 0. The number of nitrogens with zero attached hydrogens (tertiary/aromatic N) is 2. The third-order valence-corrected chi connectivity index (χ3v) is 3.45. The van der Waals surface area contributed by atoms with Crippen LogP contribution in [-0.4, -0.2) is 16.3 Å². The van der Waals surface area contributed by atoms with E-state index < -0.39 is 0 Å². The fraction of sp³-hybridized carbons (Fsp3) is 0.400. The van der Waals surface area contributed by atoms with Gasteiger partial charge >= 0.3 is 0 Å². The highest BCUT2D eigenvalue weighted by Gasteiger charge is 2.06. The van der Waals surface area contributed by atoms with E-state index in [0.29, 0.717) is 0 Å². The lowest BCUT2D eigenvalue weighted by atomic mass is 10.2. The Morgan fingerprint density at radius 2 is 1.72 bits per heavy atom. The minimum Gasteiger partial charge on any atom is -0.383 e. The van der Waals surface area contributed by atoms with Gasteiger partial charge in [0.1, 0.15) is 0 Å². The molecule has 0 saturated carbocycles. The Kier molecular flexibility index (Phi) is 3.70. The number of hydrogen-bond donors (Lipinski definition) is 1. The maximum Gasteiger partial charge on any atom is 0.0625 e. The van der Waals surface area contributed by atoms with Gasteiger partial charge in [0.2, 0.25) is 0 Å². The van der Waals surface area contributed by atoms with E-state index in [2.05, 4.69) is 67.1 Å². The highest BCUT2D eigenvalue weighted by atomic mass is 15.3. The fourth-order valence-corrected chi connectivity index (χ4v) is 1.98. The molecule has 96 valence electrons. The van der Waals surface area contributed by atoms with Gasteiger partial charge in [-0.1, -0.05) is 17.7 Å². The van der Waals surface area contributed by atoms with Crippen molar-refractivity contribution in [1.82, 2.24) is 9.78 Å². The second-order valence-corrected chi connectivity index (χ2v) is 4.81. The van der Waals surface area contributed by atoms with Crippen LogP contribution in [0, 0.1) is 27.7 Å². The average Bonchev–Trinajstić information content (AvgIpc) is 2.60. The monoisotopic (exact) mass is 243 g/mol. The van der Waals surface area contributed by atoms with Gasteiger partial charge in [-0.05, 0) is 45.4 Å². The van der Waals surface area contributed by atoms with Crippen LogP contribution in [-0.2, 0) is 6.54 Å². The molecule has 0 aliphatic rings. The highest BCUT2D eigenvalue weighted by molar-refractivity contribution is 5.44. The second kappa shape index (κ2) is 5.25. The van der Waals surface area contributed by atoms with E-state index in [1.807, 2.05) is 0 Å². The quantitative estimate of drug-likeness (QED) is 0.893. The molecule has 0 aliphatic heterocycles. The molecule has 0 fully saturated rings. The molecule has 3 nitrogen and oxygen atoms in total. The third-order valence-electron chi connectivity index (χ3n) is 3.45. The van der Waals surface area contributed by atoms with E-state index >= 15 is 0 Å². The van der Waals surface area contributed by atoms with E-state index in [1.165, 1.54) is 22.5 Å². The van der Waals surface area contributed by atoms with Crippen molar-refractivity contribution in [2.45, 2.75) is 34.2 Å².